The van der Waals surface area contributed by atoms with Crippen LogP contribution in [0.3, 0.4) is 0 Å². The van der Waals surface area contributed by atoms with Crippen LogP contribution in [0.25, 0.3) is 16.0 Å². The van der Waals surface area contributed by atoms with Crippen molar-refractivity contribution in [3.05, 3.63) is 60.0 Å². The number of anilines is 1. The Morgan fingerprint density at radius 2 is 2.11 bits per heavy atom. The second-order valence-electron chi connectivity index (χ2n) is 8.19. The van der Waals surface area contributed by atoms with Crippen molar-refractivity contribution in [3.63, 3.8) is 0 Å². The summed E-state index contributed by atoms with van der Waals surface area (Å²) in [4.78, 5) is 29.0. The van der Waals surface area contributed by atoms with Crippen LogP contribution < -0.4 is 5.32 Å². The summed E-state index contributed by atoms with van der Waals surface area (Å²) in [6.45, 7) is 5.97. The van der Waals surface area contributed by atoms with Gasteiger partial charge in [-0.05, 0) is 30.4 Å². The van der Waals surface area contributed by atoms with Crippen LogP contribution in [0.2, 0.25) is 0 Å². The lowest BCUT2D eigenvalue weighted by molar-refractivity contribution is -0.0178. The van der Waals surface area contributed by atoms with Crippen LogP contribution in [-0.4, -0.2) is 57.4 Å². The summed E-state index contributed by atoms with van der Waals surface area (Å²) in [6.07, 6.45) is 2.87. The Morgan fingerprint density at radius 3 is 2.84 bits per heavy atom. The maximum absolute atomic E-state index is 12.7. The van der Waals surface area contributed by atoms with Crippen molar-refractivity contribution in [2.24, 2.45) is 0 Å². The zero-order valence-electron chi connectivity index (χ0n) is 20.6. The number of carbonyl (C=O) groups excluding carboxylic acids is 1. The van der Waals surface area contributed by atoms with Crippen molar-refractivity contribution in [2.75, 3.05) is 25.1 Å². The predicted molar refractivity (Wildman–Crippen MR) is 141 cm³/mol. The first-order valence-corrected chi connectivity index (χ1v) is 14.5. The number of hydrogen-bond donors (Lipinski definition) is 1. The third kappa shape index (κ3) is 6.58. The summed E-state index contributed by atoms with van der Waals surface area (Å²) in [5.41, 5.74) is 1.40. The SMILES string of the molecule is [C-]#[N+]CCOP(=S)(OCCC#N)OC1CC(n2cnc3c(NC(=O)c4ccccc4)ncnc32)OC1CC. The minimum atomic E-state index is -3.22. The Balaban J connectivity index is 1.52. The average molecular weight is 556 g/mol. The van der Waals surface area contributed by atoms with E-state index in [4.69, 9.17) is 41.9 Å². The van der Waals surface area contributed by atoms with Crippen LogP contribution in [0, 0.1) is 17.9 Å². The lowest BCUT2D eigenvalue weighted by Crippen LogP contribution is -2.23. The summed E-state index contributed by atoms with van der Waals surface area (Å²) >= 11 is 5.58. The molecule has 1 aliphatic rings. The molecule has 14 heteroatoms. The molecule has 4 atom stereocenters. The summed E-state index contributed by atoms with van der Waals surface area (Å²) in [5.74, 6) is -0.0211. The van der Waals surface area contributed by atoms with E-state index < -0.39 is 19.1 Å². The zero-order chi connectivity index (χ0) is 27.0. The fourth-order valence-corrected chi connectivity index (χ4v) is 6.08. The minimum absolute atomic E-state index is 0.0696. The Hall–Kier alpha value is -3.29. The molecule has 198 valence electrons. The zero-order valence-corrected chi connectivity index (χ0v) is 22.3. The molecule has 4 rings (SSSR count). The molecule has 4 unspecified atom stereocenters. The largest absolute Gasteiger partial charge is 0.352 e. The Kier molecular flexibility index (Phi) is 9.48. The second kappa shape index (κ2) is 13.0. The van der Waals surface area contributed by atoms with Gasteiger partial charge in [0.05, 0.1) is 37.6 Å². The summed E-state index contributed by atoms with van der Waals surface area (Å²) in [7, 11) is 0. The van der Waals surface area contributed by atoms with Crippen LogP contribution in [0.15, 0.2) is 43.0 Å². The Labute approximate surface area is 225 Å². The maximum Gasteiger partial charge on any atom is 0.327 e. The standard InChI is InChI=1S/C24H26N7O5PS/c1-3-18-19(36-37(38,33-12-7-10-25)34-13-11-26-2)14-20(35-18)31-16-29-21-22(27-15-28-23(21)31)30-24(32)17-8-5-4-6-9-17/h4-6,8-9,15-16,18-20H,3,7,11-14H2,1H3,(H,27,28,30,32). The first kappa shape index (κ1) is 27.7. The highest BCUT2D eigenvalue weighted by Crippen LogP contribution is 2.53. The first-order valence-electron chi connectivity index (χ1n) is 11.9. The van der Waals surface area contributed by atoms with Crippen molar-refractivity contribution in [3.8, 4) is 6.07 Å². The summed E-state index contributed by atoms with van der Waals surface area (Å²) < 4.78 is 25.6. The number of carbonyl (C=O) groups is 1. The van der Waals surface area contributed by atoms with Crippen molar-refractivity contribution < 1.29 is 23.1 Å². The molecule has 1 aliphatic heterocycles. The molecule has 1 saturated heterocycles. The average Bonchev–Trinajstić information content (AvgIpc) is 3.54. The number of nitrogens with zero attached hydrogens (tertiary/aromatic N) is 6. The fraction of sp³-hybridized carbons (Fsp3) is 0.417. The summed E-state index contributed by atoms with van der Waals surface area (Å²) in [6, 6.07) is 10.8. The Bertz CT molecular complexity index is 1370. The van der Waals surface area contributed by atoms with Gasteiger partial charge >= 0.3 is 6.72 Å². The van der Waals surface area contributed by atoms with Crippen LogP contribution >= 0.6 is 6.72 Å². The van der Waals surface area contributed by atoms with Gasteiger partial charge in [-0.25, -0.2) is 21.5 Å². The van der Waals surface area contributed by atoms with Gasteiger partial charge in [-0.15, -0.1) is 0 Å². The number of ether oxygens (including phenoxy) is 1. The fourth-order valence-electron chi connectivity index (χ4n) is 3.93. The number of imidazole rings is 1. The van der Waals surface area contributed by atoms with E-state index in [1.165, 1.54) is 6.33 Å². The molecule has 1 fully saturated rings. The summed E-state index contributed by atoms with van der Waals surface area (Å²) in [5, 5.41) is 11.7. The molecule has 38 heavy (non-hydrogen) atoms. The lowest BCUT2D eigenvalue weighted by atomic mass is 10.1. The van der Waals surface area contributed by atoms with Crippen molar-refractivity contribution in [1.29, 1.82) is 5.26 Å². The van der Waals surface area contributed by atoms with E-state index in [0.29, 0.717) is 29.6 Å². The van der Waals surface area contributed by atoms with Crippen LogP contribution in [0.4, 0.5) is 5.82 Å². The smallest absolute Gasteiger partial charge is 0.327 e. The lowest BCUT2D eigenvalue weighted by Gasteiger charge is -2.26. The van der Waals surface area contributed by atoms with E-state index in [-0.39, 0.29) is 44.0 Å². The predicted octanol–water partition coefficient (Wildman–Crippen LogP) is 4.25. The number of rotatable bonds is 12. The van der Waals surface area contributed by atoms with E-state index in [9.17, 15) is 4.79 Å². The molecule has 12 nitrogen and oxygen atoms in total. The molecule has 1 aromatic carbocycles. The molecule has 0 radical (unpaired) electrons. The van der Waals surface area contributed by atoms with Gasteiger partial charge in [0, 0.05) is 12.0 Å². The molecule has 2 aromatic heterocycles. The third-order valence-electron chi connectivity index (χ3n) is 5.70. The number of aromatic nitrogens is 4. The van der Waals surface area contributed by atoms with E-state index in [1.54, 1.807) is 35.2 Å². The van der Waals surface area contributed by atoms with E-state index >= 15 is 0 Å². The molecule has 0 saturated carbocycles. The number of benzene rings is 1. The van der Waals surface area contributed by atoms with Crippen LogP contribution in [-0.2, 0) is 30.1 Å². The highest BCUT2D eigenvalue weighted by Gasteiger charge is 2.40. The third-order valence-corrected chi connectivity index (χ3v) is 8.12. The minimum Gasteiger partial charge on any atom is -0.352 e. The van der Waals surface area contributed by atoms with Gasteiger partial charge < -0.3 is 28.5 Å². The van der Waals surface area contributed by atoms with Gasteiger partial charge in [-0.2, -0.15) is 5.26 Å². The number of hydrogen-bond acceptors (Lipinski definition) is 10. The van der Waals surface area contributed by atoms with Crippen molar-refractivity contribution in [2.45, 2.75) is 44.6 Å². The quantitative estimate of drug-likeness (QED) is 0.196. The van der Waals surface area contributed by atoms with E-state index in [1.807, 2.05) is 19.1 Å². The molecule has 0 spiro atoms. The second-order valence-corrected chi connectivity index (χ2v) is 11.2. The number of amides is 1. The molecular weight excluding hydrogens is 529 g/mol. The van der Waals surface area contributed by atoms with Crippen molar-refractivity contribution >= 4 is 41.4 Å². The molecule has 3 heterocycles. The van der Waals surface area contributed by atoms with Gasteiger partial charge in [-0.1, -0.05) is 25.1 Å². The van der Waals surface area contributed by atoms with Gasteiger partial charge in [0.25, 0.3) is 5.91 Å². The molecule has 0 aliphatic carbocycles. The van der Waals surface area contributed by atoms with Crippen LogP contribution in [0.1, 0.15) is 42.8 Å². The van der Waals surface area contributed by atoms with Gasteiger partial charge in [0.15, 0.2) is 17.0 Å². The van der Waals surface area contributed by atoms with Gasteiger partial charge in [-0.3, -0.25) is 9.36 Å². The first-order chi connectivity index (χ1) is 18.5. The topological polar surface area (TPSA) is 138 Å². The highest BCUT2D eigenvalue weighted by molar-refractivity contribution is 8.07. The van der Waals surface area contributed by atoms with Gasteiger partial charge in [0.2, 0.25) is 6.54 Å². The molecule has 0 bridgehead atoms. The number of fused-ring (bicyclic) bond motifs is 1. The molecule has 3 aromatic rings. The highest BCUT2D eigenvalue weighted by atomic mass is 32.5. The monoisotopic (exact) mass is 555 g/mol. The number of nitrogens with one attached hydrogen (secondary N) is 1. The Morgan fingerprint density at radius 1 is 1.32 bits per heavy atom. The van der Waals surface area contributed by atoms with Crippen molar-refractivity contribution in [1.82, 2.24) is 19.5 Å². The van der Waals surface area contributed by atoms with Gasteiger partial charge in [0.1, 0.15) is 19.2 Å². The maximum atomic E-state index is 12.7. The molecule has 1 amide bonds. The number of nitriles is 1. The normalized spacial score (nSPS) is 20.4. The molecule has 1 N–H and O–H groups in total. The van der Waals surface area contributed by atoms with E-state index in [0.717, 1.165) is 0 Å². The molecular formula is C24H26N7O5PS. The van der Waals surface area contributed by atoms with Crippen LogP contribution in [0.5, 0.6) is 0 Å². The van der Waals surface area contributed by atoms with E-state index in [2.05, 4.69) is 25.1 Å².